The van der Waals surface area contributed by atoms with Gasteiger partial charge in [-0.15, -0.1) is 13.2 Å². The van der Waals surface area contributed by atoms with Crippen LogP contribution >= 0.6 is 0 Å². The lowest BCUT2D eigenvalue weighted by atomic mass is 10.0. The van der Waals surface area contributed by atoms with E-state index in [-0.39, 0.29) is 11.9 Å². The number of allylic oxidation sites excluding steroid dienone is 2. The third-order valence-electron chi connectivity index (χ3n) is 1.51. The normalized spacial score (nSPS) is 9.55. The molecule has 0 saturated heterocycles. The highest BCUT2D eigenvalue weighted by atomic mass is 28.2. The van der Waals surface area contributed by atoms with E-state index in [2.05, 4.69) is 17.6 Å². The first kappa shape index (κ1) is 10.2. The number of hydrogen-bond acceptors (Lipinski definition) is 2. The van der Waals surface area contributed by atoms with Gasteiger partial charge in [0.1, 0.15) is 0 Å². The fourth-order valence-corrected chi connectivity index (χ4v) is 0.923. The van der Waals surface area contributed by atoms with Crippen LogP contribution in [0.4, 0.5) is 0 Å². The van der Waals surface area contributed by atoms with Gasteiger partial charge < -0.3 is 4.43 Å². The minimum absolute atomic E-state index is 0.120. The van der Waals surface area contributed by atoms with E-state index >= 15 is 0 Å². The van der Waals surface area contributed by atoms with Gasteiger partial charge in [-0.1, -0.05) is 12.2 Å². The van der Waals surface area contributed by atoms with Crippen molar-refractivity contribution in [1.82, 2.24) is 0 Å². The quantitative estimate of drug-likeness (QED) is 0.445. The van der Waals surface area contributed by atoms with Crippen LogP contribution in [0.3, 0.4) is 0 Å². The lowest BCUT2D eigenvalue weighted by molar-refractivity contribution is -0.134. The van der Waals surface area contributed by atoms with Crippen LogP contribution in [-0.4, -0.2) is 16.5 Å². The maximum atomic E-state index is 10.7. The third kappa shape index (κ3) is 4.56. The summed E-state index contributed by atoms with van der Waals surface area (Å²) in [6.07, 6.45) is 4.79. The van der Waals surface area contributed by atoms with E-state index in [1.165, 1.54) is 0 Å². The maximum absolute atomic E-state index is 10.7. The van der Waals surface area contributed by atoms with Gasteiger partial charge in [-0.2, -0.15) is 0 Å². The molecule has 0 N–H and O–H groups in total. The average Bonchev–Trinajstić information content (AvgIpc) is 2.06. The van der Waals surface area contributed by atoms with Crippen LogP contribution in [0.1, 0.15) is 12.8 Å². The Bertz CT molecular complexity index is 146. The molecule has 0 fully saturated rings. The molecular formula is C8H14O2Si. The molecule has 0 rings (SSSR count). The predicted molar refractivity (Wildman–Crippen MR) is 49.1 cm³/mol. The molecule has 0 heterocycles. The molecule has 0 spiro atoms. The van der Waals surface area contributed by atoms with E-state index in [0.29, 0.717) is 16.9 Å². The number of carbonyl (C=O) groups excluding carboxylic acids is 1. The van der Waals surface area contributed by atoms with Crippen LogP contribution in [0.25, 0.3) is 0 Å². The van der Waals surface area contributed by atoms with Gasteiger partial charge in [0.25, 0.3) is 5.97 Å². The summed E-state index contributed by atoms with van der Waals surface area (Å²) in [5.74, 6) is 0.112. The molecular weight excluding hydrogens is 156 g/mol. The highest BCUT2D eigenvalue weighted by Crippen LogP contribution is 2.08. The Morgan fingerprint density at radius 2 is 2.09 bits per heavy atom. The van der Waals surface area contributed by atoms with Crippen molar-refractivity contribution in [3.8, 4) is 0 Å². The van der Waals surface area contributed by atoms with E-state index < -0.39 is 0 Å². The smallest absolute Gasteiger partial charge is 0.291 e. The molecule has 11 heavy (non-hydrogen) atoms. The van der Waals surface area contributed by atoms with E-state index in [0.717, 1.165) is 6.42 Å². The Hall–Kier alpha value is -0.833. The highest BCUT2D eigenvalue weighted by Gasteiger charge is 2.03. The van der Waals surface area contributed by atoms with Crippen molar-refractivity contribution in [2.45, 2.75) is 12.8 Å². The number of rotatable bonds is 5. The van der Waals surface area contributed by atoms with Crippen molar-refractivity contribution in [2.24, 2.45) is 5.92 Å². The van der Waals surface area contributed by atoms with E-state index in [1.807, 2.05) is 0 Å². The molecule has 0 aromatic carbocycles. The Morgan fingerprint density at radius 1 is 1.55 bits per heavy atom. The molecule has 0 aromatic rings. The van der Waals surface area contributed by atoms with Crippen molar-refractivity contribution in [3.05, 3.63) is 25.3 Å². The lowest BCUT2D eigenvalue weighted by Gasteiger charge is -2.04. The largest absolute Gasteiger partial charge is 0.529 e. The molecule has 0 aliphatic carbocycles. The maximum Gasteiger partial charge on any atom is 0.291 e. The van der Waals surface area contributed by atoms with Crippen molar-refractivity contribution in [2.75, 3.05) is 0 Å². The Kier molecular flexibility index (Phi) is 5.47. The van der Waals surface area contributed by atoms with Gasteiger partial charge in [0.15, 0.2) is 0 Å². The number of hydrogen-bond donors (Lipinski definition) is 0. The predicted octanol–water partition coefficient (Wildman–Crippen LogP) is 0.578. The second-order valence-corrected chi connectivity index (χ2v) is 2.66. The summed E-state index contributed by atoms with van der Waals surface area (Å²) < 4.78 is 4.62. The molecule has 0 aliphatic heterocycles. The van der Waals surface area contributed by atoms with Crippen LogP contribution in [0.5, 0.6) is 0 Å². The first-order chi connectivity index (χ1) is 5.24. The first-order valence-electron chi connectivity index (χ1n) is 3.56. The summed E-state index contributed by atoms with van der Waals surface area (Å²) in [5.41, 5.74) is 0. The Morgan fingerprint density at radius 3 is 2.45 bits per heavy atom. The molecule has 0 amide bonds. The van der Waals surface area contributed by atoms with Gasteiger partial charge in [0, 0.05) is 6.42 Å². The zero-order chi connectivity index (χ0) is 8.69. The van der Waals surface area contributed by atoms with Gasteiger partial charge in [0.2, 0.25) is 10.5 Å². The molecule has 62 valence electrons. The second kappa shape index (κ2) is 5.92. The minimum atomic E-state index is -0.120. The molecule has 0 aliphatic rings. The summed E-state index contributed by atoms with van der Waals surface area (Å²) in [4.78, 5) is 10.7. The summed E-state index contributed by atoms with van der Waals surface area (Å²) >= 11 is 0. The van der Waals surface area contributed by atoms with E-state index in [1.54, 1.807) is 12.2 Å². The van der Waals surface area contributed by atoms with Crippen LogP contribution in [0.2, 0.25) is 0 Å². The van der Waals surface area contributed by atoms with Crippen LogP contribution in [-0.2, 0) is 9.22 Å². The van der Waals surface area contributed by atoms with Gasteiger partial charge in [-0.05, 0) is 12.3 Å². The van der Waals surface area contributed by atoms with Crippen LogP contribution in [0, 0.1) is 5.92 Å². The summed E-state index contributed by atoms with van der Waals surface area (Å²) in [7, 11) is 0.485. The summed E-state index contributed by atoms with van der Waals surface area (Å²) in [5, 5.41) is 0. The summed E-state index contributed by atoms with van der Waals surface area (Å²) in [6.45, 7) is 7.24. The monoisotopic (exact) mass is 170 g/mol. The van der Waals surface area contributed by atoms with Crippen molar-refractivity contribution < 1.29 is 9.22 Å². The number of carbonyl (C=O) groups is 1. The summed E-state index contributed by atoms with van der Waals surface area (Å²) in [6, 6.07) is 0. The van der Waals surface area contributed by atoms with Gasteiger partial charge in [-0.25, -0.2) is 0 Å². The first-order valence-corrected chi connectivity index (χ1v) is 4.38. The zero-order valence-electron chi connectivity index (χ0n) is 6.88. The van der Waals surface area contributed by atoms with Crippen molar-refractivity contribution in [1.29, 1.82) is 0 Å². The molecule has 0 bridgehead atoms. The molecule has 0 saturated carbocycles. The third-order valence-corrected chi connectivity index (χ3v) is 1.97. The topological polar surface area (TPSA) is 26.3 Å². The van der Waals surface area contributed by atoms with E-state index in [9.17, 15) is 4.79 Å². The van der Waals surface area contributed by atoms with Gasteiger partial charge in [0.05, 0.1) is 0 Å². The molecule has 0 aromatic heterocycles. The van der Waals surface area contributed by atoms with Crippen LogP contribution < -0.4 is 0 Å². The SMILES string of the molecule is C=CC(C=C)CCC(=O)O[SiH3]. The molecule has 0 atom stereocenters. The van der Waals surface area contributed by atoms with Gasteiger partial charge in [-0.3, -0.25) is 4.79 Å². The Labute approximate surface area is 70.5 Å². The zero-order valence-corrected chi connectivity index (χ0v) is 8.88. The average molecular weight is 170 g/mol. The minimum Gasteiger partial charge on any atom is -0.529 e. The standard InChI is InChI=1S/C8H14O2Si/c1-3-7(4-2)5-6-8(9)10-11/h3-4,7H,1-2,5-6H2,11H3. The van der Waals surface area contributed by atoms with E-state index in [4.69, 9.17) is 0 Å². The highest BCUT2D eigenvalue weighted by molar-refractivity contribution is 6.05. The van der Waals surface area contributed by atoms with Crippen LogP contribution in [0.15, 0.2) is 25.3 Å². The Balaban J connectivity index is 3.58. The van der Waals surface area contributed by atoms with Crippen molar-refractivity contribution >= 4 is 16.5 Å². The molecule has 2 nitrogen and oxygen atoms in total. The second-order valence-electron chi connectivity index (χ2n) is 2.25. The van der Waals surface area contributed by atoms with Gasteiger partial charge >= 0.3 is 0 Å². The van der Waals surface area contributed by atoms with Crippen molar-refractivity contribution in [3.63, 3.8) is 0 Å². The lowest BCUT2D eigenvalue weighted by Crippen LogP contribution is -2.03. The fourth-order valence-electron chi connectivity index (χ4n) is 0.719. The fraction of sp³-hybridized carbons (Fsp3) is 0.375. The molecule has 3 heteroatoms. The molecule has 0 radical (unpaired) electrons. The molecule has 0 unspecified atom stereocenters.